The summed E-state index contributed by atoms with van der Waals surface area (Å²) in [6.07, 6.45) is 1.59. The Balaban J connectivity index is 1.64. The third-order valence-electron chi connectivity index (χ3n) is 4.04. The molecule has 0 radical (unpaired) electrons. The molecule has 0 saturated heterocycles. The largest absolute Gasteiger partial charge is 0.486 e. The summed E-state index contributed by atoms with van der Waals surface area (Å²) in [5, 5.41) is 14.2. The quantitative estimate of drug-likeness (QED) is 0.219. The maximum absolute atomic E-state index is 9.10. The minimum Gasteiger partial charge on any atom is -0.486 e. The Morgan fingerprint density at radius 3 is 2.40 bits per heavy atom. The van der Waals surface area contributed by atoms with Gasteiger partial charge in [0.1, 0.15) is 19.0 Å². The Morgan fingerprint density at radius 2 is 1.70 bits per heavy atom. The summed E-state index contributed by atoms with van der Waals surface area (Å²) in [4.78, 5) is 5.34. The molecule has 0 fully saturated rings. The molecule has 0 saturated carbocycles. The highest BCUT2D eigenvalue weighted by atomic mass is 79.9. The normalized spacial score (nSPS) is 10.8. The van der Waals surface area contributed by atoms with Crippen molar-refractivity contribution in [2.75, 3.05) is 0 Å². The third-order valence-corrected chi connectivity index (χ3v) is 5.81. The number of oxime groups is 1. The summed E-state index contributed by atoms with van der Waals surface area (Å²) < 4.78 is 7.41. The number of benzene rings is 3. The number of nitrogens with zero attached hydrogens (tertiary/aromatic N) is 2. The van der Waals surface area contributed by atoms with Gasteiger partial charge in [0, 0.05) is 21.2 Å². The molecule has 3 rings (SSSR count). The molecule has 0 spiro atoms. The smallest absolute Gasteiger partial charge is 0.148 e. The summed E-state index contributed by atoms with van der Waals surface area (Å²) in [5.74, 6) is 0.641. The van der Waals surface area contributed by atoms with Gasteiger partial charge < -0.3 is 9.57 Å². The number of rotatable bonds is 7. The molecule has 0 N–H and O–H groups in total. The van der Waals surface area contributed by atoms with Crippen molar-refractivity contribution in [2.45, 2.75) is 13.2 Å². The summed E-state index contributed by atoms with van der Waals surface area (Å²) in [6.45, 7) is 0.508. The van der Waals surface area contributed by atoms with E-state index in [9.17, 15) is 0 Å². The number of halogens is 4. The van der Waals surface area contributed by atoms with E-state index in [1.54, 1.807) is 24.4 Å². The maximum Gasteiger partial charge on any atom is 0.148 e. The fraction of sp³-hybridized carbons (Fsp3) is 0.0909. The fourth-order valence-electron chi connectivity index (χ4n) is 2.54. The van der Waals surface area contributed by atoms with Crippen molar-refractivity contribution in [3.05, 3.63) is 95.8 Å². The van der Waals surface area contributed by atoms with E-state index in [1.165, 1.54) is 0 Å². The predicted octanol–water partition coefficient (Wildman–Crippen LogP) is 7.52. The Kier molecular flexibility index (Phi) is 8.17. The molecule has 152 valence electrons. The van der Waals surface area contributed by atoms with Crippen LogP contribution in [0.3, 0.4) is 0 Å². The second-order valence-electron chi connectivity index (χ2n) is 6.11. The Hall–Kier alpha value is -2.04. The van der Waals surface area contributed by atoms with Gasteiger partial charge >= 0.3 is 0 Å². The van der Waals surface area contributed by atoms with Crippen LogP contribution in [0.15, 0.2) is 68.7 Å². The van der Waals surface area contributed by atoms with Gasteiger partial charge in [-0.3, -0.25) is 0 Å². The van der Waals surface area contributed by atoms with Crippen LogP contribution < -0.4 is 4.74 Å². The van der Waals surface area contributed by atoms with Gasteiger partial charge in [0.2, 0.25) is 0 Å². The number of hydrogen-bond acceptors (Lipinski definition) is 4. The molecule has 3 aromatic rings. The first-order valence-electron chi connectivity index (χ1n) is 8.67. The lowest BCUT2D eigenvalue weighted by atomic mass is 10.1. The highest BCUT2D eigenvalue weighted by Crippen LogP contribution is 2.35. The van der Waals surface area contributed by atoms with Crippen LogP contribution in [0.5, 0.6) is 5.75 Å². The van der Waals surface area contributed by atoms with Crippen molar-refractivity contribution in [3.8, 4) is 11.8 Å². The predicted molar refractivity (Wildman–Crippen MR) is 126 cm³/mol. The minimum absolute atomic E-state index is 0.214. The van der Waals surface area contributed by atoms with E-state index in [1.807, 2.05) is 36.4 Å². The molecule has 30 heavy (non-hydrogen) atoms. The summed E-state index contributed by atoms with van der Waals surface area (Å²) >= 11 is 19.2. The summed E-state index contributed by atoms with van der Waals surface area (Å²) in [6, 6.07) is 18.4. The zero-order valence-corrected chi connectivity index (χ0v) is 20.1. The molecule has 0 amide bonds. The highest BCUT2D eigenvalue weighted by molar-refractivity contribution is 9.11. The molecule has 0 aliphatic heterocycles. The summed E-state index contributed by atoms with van der Waals surface area (Å²) in [7, 11) is 0. The van der Waals surface area contributed by atoms with E-state index in [0.29, 0.717) is 28.0 Å². The number of nitriles is 1. The van der Waals surface area contributed by atoms with Crippen LogP contribution in [0.1, 0.15) is 22.3 Å². The third kappa shape index (κ3) is 5.99. The SMILES string of the molecule is N#Cc1ccccc1CO/N=C\c1cc(Br)c(OCc2ccc(Cl)cc2Cl)c(Br)c1. The second kappa shape index (κ2) is 10.8. The van der Waals surface area contributed by atoms with E-state index < -0.39 is 0 Å². The van der Waals surface area contributed by atoms with Crippen LogP contribution in [0.2, 0.25) is 10.0 Å². The molecule has 0 atom stereocenters. The topological polar surface area (TPSA) is 54.6 Å². The number of ether oxygens (including phenoxy) is 1. The number of hydrogen-bond donors (Lipinski definition) is 0. The highest BCUT2D eigenvalue weighted by Gasteiger charge is 2.10. The van der Waals surface area contributed by atoms with Crippen LogP contribution in [0.25, 0.3) is 0 Å². The second-order valence-corrected chi connectivity index (χ2v) is 8.67. The standard InChI is InChI=1S/C22H14Br2Cl2N2O2/c23-19-7-14(11-28-30-13-16-4-2-1-3-15(16)10-27)8-20(24)22(19)29-12-17-5-6-18(25)9-21(17)26/h1-9,11H,12-13H2/b28-11-. The van der Waals surface area contributed by atoms with E-state index in [2.05, 4.69) is 43.1 Å². The van der Waals surface area contributed by atoms with E-state index in [0.717, 1.165) is 25.6 Å². The van der Waals surface area contributed by atoms with Crippen molar-refractivity contribution < 1.29 is 9.57 Å². The maximum atomic E-state index is 9.10. The van der Waals surface area contributed by atoms with Gasteiger partial charge in [0.25, 0.3) is 0 Å². The lowest BCUT2D eigenvalue weighted by molar-refractivity contribution is 0.132. The first-order chi connectivity index (χ1) is 14.5. The molecule has 0 unspecified atom stereocenters. The van der Waals surface area contributed by atoms with Crippen LogP contribution >= 0.6 is 55.1 Å². The van der Waals surface area contributed by atoms with Gasteiger partial charge in [-0.1, -0.05) is 52.6 Å². The fourth-order valence-corrected chi connectivity index (χ4v) is 4.45. The Labute approximate surface area is 201 Å². The van der Waals surface area contributed by atoms with Gasteiger partial charge in [-0.25, -0.2) is 0 Å². The van der Waals surface area contributed by atoms with Crippen molar-refractivity contribution >= 4 is 61.3 Å². The molecule has 3 aromatic carbocycles. The zero-order valence-electron chi connectivity index (χ0n) is 15.4. The van der Waals surface area contributed by atoms with Crippen molar-refractivity contribution in [1.29, 1.82) is 5.26 Å². The van der Waals surface area contributed by atoms with Gasteiger partial charge in [-0.2, -0.15) is 5.26 Å². The van der Waals surface area contributed by atoms with Crippen LogP contribution in [0.4, 0.5) is 0 Å². The monoisotopic (exact) mass is 566 g/mol. The summed E-state index contributed by atoms with van der Waals surface area (Å²) in [5.41, 5.74) is 2.99. The van der Waals surface area contributed by atoms with Gasteiger partial charge in [0.05, 0.1) is 26.8 Å². The molecular weight excluding hydrogens is 555 g/mol. The molecular formula is C22H14Br2Cl2N2O2. The van der Waals surface area contributed by atoms with E-state index in [4.69, 9.17) is 38.0 Å². The molecule has 0 aliphatic rings. The van der Waals surface area contributed by atoms with Gasteiger partial charge in [-0.15, -0.1) is 0 Å². The van der Waals surface area contributed by atoms with Crippen molar-refractivity contribution in [2.24, 2.45) is 5.16 Å². The lowest BCUT2D eigenvalue weighted by Gasteiger charge is -2.12. The van der Waals surface area contributed by atoms with Crippen LogP contribution in [-0.4, -0.2) is 6.21 Å². The van der Waals surface area contributed by atoms with Crippen LogP contribution in [-0.2, 0) is 18.1 Å². The molecule has 8 heteroatoms. The Morgan fingerprint density at radius 1 is 0.967 bits per heavy atom. The minimum atomic E-state index is 0.214. The molecule has 0 aliphatic carbocycles. The van der Waals surface area contributed by atoms with E-state index >= 15 is 0 Å². The zero-order chi connectivity index (χ0) is 21.5. The molecule has 0 aromatic heterocycles. The first-order valence-corrected chi connectivity index (χ1v) is 11.0. The average molecular weight is 569 g/mol. The first kappa shape index (κ1) is 22.6. The average Bonchev–Trinajstić information content (AvgIpc) is 2.72. The molecule has 0 bridgehead atoms. The van der Waals surface area contributed by atoms with Crippen molar-refractivity contribution in [1.82, 2.24) is 0 Å². The Bertz CT molecular complexity index is 1110. The lowest BCUT2D eigenvalue weighted by Crippen LogP contribution is -1.99. The van der Waals surface area contributed by atoms with Gasteiger partial charge in [-0.05, 0) is 67.8 Å². The molecule has 4 nitrogen and oxygen atoms in total. The van der Waals surface area contributed by atoms with Gasteiger partial charge in [0.15, 0.2) is 0 Å². The molecule has 0 heterocycles. The van der Waals surface area contributed by atoms with Crippen molar-refractivity contribution in [3.63, 3.8) is 0 Å². The van der Waals surface area contributed by atoms with Crippen LogP contribution in [0, 0.1) is 11.3 Å². The van der Waals surface area contributed by atoms with E-state index in [-0.39, 0.29) is 6.61 Å².